The van der Waals surface area contributed by atoms with Crippen molar-refractivity contribution in [2.45, 2.75) is 20.0 Å². The first-order valence-electron chi connectivity index (χ1n) is 8.82. The second-order valence-corrected chi connectivity index (χ2v) is 7.07. The molecule has 0 unspecified atom stereocenters. The lowest BCUT2D eigenvalue weighted by atomic mass is 10.1. The number of anilines is 1. The molecule has 0 spiro atoms. The van der Waals surface area contributed by atoms with Crippen LogP contribution in [0.5, 0.6) is 17.2 Å². The van der Waals surface area contributed by atoms with Crippen molar-refractivity contribution in [3.05, 3.63) is 53.4 Å². The Labute approximate surface area is 168 Å². The molecule has 0 fully saturated rings. The van der Waals surface area contributed by atoms with E-state index in [9.17, 15) is 0 Å². The number of ether oxygens (including phenoxy) is 3. The third-order valence-electron chi connectivity index (χ3n) is 3.81. The molecule has 3 rings (SSSR count). The number of hydrogen-bond donors (Lipinski definition) is 1. The highest BCUT2D eigenvalue weighted by Gasteiger charge is 2.11. The molecule has 0 aliphatic heterocycles. The average molecular weight is 398 g/mol. The Morgan fingerprint density at radius 2 is 1.79 bits per heavy atom. The van der Waals surface area contributed by atoms with Gasteiger partial charge in [-0.1, -0.05) is 0 Å². The van der Waals surface area contributed by atoms with Gasteiger partial charge in [0.1, 0.15) is 17.2 Å². The summed E-state index contributed by atoms with van der Waals surface area (Å²) >= 11 is 1.48. The highest BCUT2D eigenvalue weighted by atomic mass is 32.1. The Morgan fingerprint density at radius 1 is 1.04 bits per heavy atom. The highest BCUT2D eigenvalue weighted by molar-refractivity contribution is 7.14. The quantitative estimate of drug-likeness (QED) is 0.425. The van der Waals surface area contributed by atoms with Crippen LogP contribution >= 0.6 is 11.3 Å². The molecule has 0 radical (unpaired) electrons. The molecule has 1 N–H and O–H groups in total. The minimum atomic E-state index is 0.157. The van der Waals surface area contributed by atoms with E-state index in [4.69, 9.17) is 14.2 Å². The molecular formula is C21H23N3O3S. The molecule has 0 atom stereocenters. The molecule has 0 aliphatic rings. The molecule has 3 aromatic rings. The maximum atomic E-state index is 5.63. The fraction of sp³-hybridized carbons (Fsp3) is 0.238. The van der Waals surface area contributed by atoms with Crippen molar-refractivity contribution >= 4 is 22.7 Å². The number of hydrogen-bond acceptors (Lipinski definition) is 7. The van der Waals surface area contributed by atoms with Gasteiger partial charge in [0.2, 0.25) is 5.13 Å². The van der Waals surface area contributed by atoms with E-state index in [0.717, 1.165) is 28.3 Å². The van der Waals surface area contributed by atoms with Gasteiger partial charge in [0.25, 0.3) is 0 Å². The van der Waals surface area contributed by atoms with Crippen LogP contribution in [-0.4, -0.2) is 31.5 Å². The van der Waals surface area contributed by atoms with Crippen LogP contribution in [0.25, 0.3) is 11.3 Å². The lowest BCUT2D eigenvalue weighted by molar-refractivity contribution is 0.242. The van der Waals surface area contributed by atoms with Crippen LogP contribution in [0.1, 0.15) is 19.4 Å². The van der Waals surface area contributed by atoms with Crippen LogP contribution in [-0.2, 0) is 0 Å². The van der Waals surface area contributed by atoms with Gasteiger partial charge in [0.15, 0.2) is 0 Å². The Hall–Kier alpha value is -3.06. The third kappa shape index (κ3) is 5.01. The second-order valence-electron chi connectivity index (χ2n) is 6.21. The normalized spacial score (nSPS) is 11.0. The van der Waals surface area contributed by atoms with E-state index < -0.39 is 0 Å². The monoisotopic (exact) mass is 397 g/mol. The van der Waals surface area contributed by atoms with Crippen molar-refractivity contribution < 1.29 is 14.2 Å². The van der Waals surface area contributed by atoms with E-state index in [1.54, 1.807) is 20.4 Å². The van der Waals surface area contributed by atoms with E-state index in [1.165, 1.54) is 11.3 Å². The zero-order valence-corrected chi connectivity index (χ0v) is 17.1. The van der Waals surface area contributed by atoms with E-state index in [-0.39, 0.29) is 6.10 Å². The number of aromatic nitrogens is 1. The maximum absolute atomic E-state index is 5.63. The molecule has 0 saturated carbocycles. The van der Waals surface area contributed by atoms with Gasteiger partial charge < -0.3 is 14.2 Å². The van der Waals surface area contributed by atoms with Crippen molar-refractivity contribution in [3.63, 3.8) is 0 Å². The fourth-order valence-electron chi connectivity index (χ4n) is 2.53. The molecule has 0 bridgehead atoms. The molecule has 7 heteroatoms. The number of methoxy groups -OCH3 is 2. The van der Waals surface area contributed by atoms with E-state index in [0.29, 0.717) is 10.9 Å². The summed E-state index contributed by atoms with van der Waals surface area (Å²) in [6, 6.07) is 13.4. The first kappa shape index (κ1) is 19.7. The van der Waals surface area contributed by atoms with E-state index in [2.05, 4.69) is 15.5 Å². The summed E-state index contributed by atoms with van der Waals surface area (Å²) in [4.78, 5) is 4.58. The lowest BCUT2D eigenvalue weighted by Gasteiger charge is -2.09. The van der Waals surface area contributed by atoms with Gasteiger partial charge in [-0.25, -0.2) is 4.98 Å². The number of nitrogens with zero attached hydrogens (tertiary/aromatic N) is 2. The van der Waals surface area contributed by atoms with Crippen LogP contribution < -0.4 is 19.6 Å². The topological polar surface area (TPSA) is 65.0 Å². The number of hydrazone groups is 1. The van der Waals surface area contributed by atoms with Crippen molar-refractivity contribution in [1.29, 1.82) is 0 Å². The fourth-order valence-corrected chi connectivity index (χ4v) is 3.18. The standard InChI is InChI=1S/C21H23N3O3S/c1-14(2)27-16-7-5-15(6-8-16)12-22-24-21-23-19(13-28-21)18-10-9-17(25-3)11-20(18)26-4/h5-14H,1-4H3,(H,23,24)/b22-12-. The number of benzene rings is 2. The zero-order valence-electron chi connectivity index (χ0n) is 16.3. The average Bonchev–Trinajstić information content (AvgIpc) is 3.17. The molecule has 1 heterocycles. The molecule has 0 aliphatic carbocycles. The maximum Gasteiger partial charge on any atom is 0.203 e. The van der Waals surface area contributed by atoms with Gasteiger partial charge in [0.05, 0.1) is 32.2 Å². The van der Waals surface area contributed by atoms with Crippen LogP contribution in [0.15, 0.2) is 52.9 Å². The Morgan fingerprint density at radius 3 is 2.46 bits per heavy atom. The predicted octanol–water partition coefficient (Wildman–Crippen LogP) is 5.06. The van der Waals surface area contributed by atoms with Crippen LogP contribution in [0.3, 0.4) is 0 Å². The molecule has 1 aromatic heterocycles. The van der Waals surface area contributed by atoms with Gasteiger partial charge in [-0.15, -0.1) is 11.3 Å². The minimum Gasteiger partial charge on any atom is -0.497 e. The summed E-state index contributed by atoms with van der Waals surface area (Å²) in [6.07, 6.45) is 1.90. The van der Waals surface area contributed by atoms with Gasteiger partial charge in [-0.3, -0.25) is 5.43 Å². The Balaban J connectivity index is 1.66. The third-order valence-corrected chi connectivity index (χ3v) is 4.56. The highest BCUT2D eigenvalue weighted by Crippen LogP contribution is 2.34. The first-order valence-corrected chi connectivity index (χ1v) is 9.70. The largest absolute Gasteiger partial charge is 0.497 e. The molecule has 0 amide bonds. The van der Waals surface area contributed by atoms with Gasteiger partial charge in [-0.05, 0) is 55.8 Å². The SMILES string of the molecule is COc1ccc(-c2csc(N/N=C\c3ccc(OC(C)C)cc3)n2)c(OC)c1. The number of rotatable bonds is 8. The first-order chi connectivity index (χ1) is 13.6. The molecule has 2 aromatic carbocycles. The van der Waals surface area contributed by atoms with E-state index >= 15 is 0 Å². The number of nitrogens with one attached hydrogen (secondary N) is 1. The van der Waals surface area contributed by atoms with Gasteiger partial charge in [-0.2, -0.15) is 5.10 Å². The molecule has 146 valence electrons. The van der Waals surface area contributed by atoms with E-state index in [1.807, 2.05) is 61.7 Å². The van der Waals surface area contributed by atoms with Gasteiger partial charge in [0, 0.05) is 17.0 Å². The van der Waals surface area contributed by atoms with Crippen molar-refractivity contribution in [2.24, 2.45) is 5.10 Å². The summed E-state index contributed by atoms with van der Waals surface area (Å²) in [5.41, 5.74) is 5.66. The second kappa shape index (κ2) is 9.23. The lowest BCUT2D eigenvalue weighted by Crippen LogP contribution is -2.05. The minimum absolute atomic E-state index is 0.157. The predicted molar refractivity (Wildman–Crippen MR) is 114 cm³/mol. The van der Waals surface area contributed by atoms with Gasteiger partial charge >= 0.3 is 0 Å². The van der Waals surface area contributed by atoms with Crippen molar-refractivity contribution in [3.8, 4) is 28.5 Å². The van der Waals surface area contributed by atoms with Crippen LogP contribution in [0.2, 0.25) is 0 Å². The van der Waals surface area contributed by atoms with Crippen molar-refractivity contribution in [1.82, 2.24) is 4.98 Å². The molecule has 6 nitrogen and oxygen atoms in total. The summed E-state index contributed by atoms with van der Waals surface area (Å²) < 4.78 is 16.3. The molecular weight excluding hydrogens is 374 g/mol. The summed E-state index contributed by atoms with van der Waals surface area (Å²) in [6.45, 7) is 4.01. The van der Waals surface area contributed by atoms with Crippen LogP contribution in [0, 0.1) is 0 Å². The van der Waals surface area contributed by atoms with Crippen molar-refractivity contribution in [2.75, 3.05) is 19.6 Å². The zero-order chi connectivity index (χ0) is 19.9. The van der Waals surface area contributed by atoms with Crippen LogP contribution in [0.4, 0.5) is 5.13 Å². The molecule has 0 saturated heterocycles. The Kier molecular flexibility index (Phi) is 6.49. The summed E-state index contributed by atoms with van der Waals surface area (Å²) in [5.74, 6) is 2.30. The molecule has 28 heavy (non-hydrogen) atoms. The smallest absolute Gasteiger partial charge is 0.203 e. The summed E-state index contributed by atoms with van der Waals surface area (Å²) in [7, 11) is 3.26. The summed E-state index contributed by atoms with van der Waals surface area (Å²) in [5, 5.41) is 6.92. The number of thiazole rings is 1. The Bertz CT molecular complexity index is 936.